The highest BCUT2D eigenvalue weighted by atomic mass is 16.6. The lowest BCUT2D eigenvalue weighted by atomic mass is 9.86. The third-order valence-corrected chi connectivity index (χ3v) is 6.44. The molecule has 1 aliphatic heterocycles. The average molecular weight is 459 g/mol. The lowest BCUT2D eigenvalue weighted by molar-refractivity contribution is -0.118. The zero-order valence-corrected chi connectivity index (χ0v) is 19.4. The number of ether oxygens (including phenoxy) is 3. The molecular formula is C27H25NO6. The maximum Gasteiger partial charge on any atom is 0.338 e. The van der Waals surface area contributed by atoms with Gasteiger partial charge in [0.25, 0.3) is 0 Å². The van der Waals surface area contributed by atoms with Gasteiger partial charge < -0.3 is 23.9 Å². The summed E-state index contributed by atoms with van der Waals surface area (Å²) in [5.74, 6) is 0.156. The summed E-state index contributed by atoms with van der Waals surface area (Å²) < 4.78 is 19.5. The first-order valence-corrected chi connectivity index (χ1v) is 11.0. The number of aliphatic hydroxyl groups is 1. The van der Waals surface area contributed by atoms with Crippen molar-refractivity contribution in [3.8, 4) is 11.5 Å². The molecule has 1 aromatic heterocycles. The topological polar surface area (TPSA) is 87.0 Å². The van der Waals surface area contributed by atoms with Crippen LogP contribution in [0, 0.1) is 0 Å². The SMILES string of the molecule is COc1cc2c(c3c1c(=O)c1ccccc1n3C)[C@@H](O)[C@@H](OC(=O)c1ccccc1)C(C)(C)O2. The summed E-state index contributed by atoms with van der Waals surface area (Å²) >= 11 is 0. The van der Waals surface area contributed by atoms with E-state index in [9.17, 15) is 14.7 Å². The lowest BCUT2D eigenvalue weighted by Crippen LogP contribution is -2.51. The first kappa shape index (κ1) is 22.0. The molecule has 0 saturated heterocycles. The van der Waals surface area contributed by atoms with Crippen molar-refractivity contribution in [2.45, 2.75) is 31.7 Å². The Balaban J connectivity index is 1.75. The van der Waals surface area contributed by atoms with Crippen LogP contribution in [0.4, 0.5) is 0 Å². The number of carbonyl (C=O) groups is 1. The zero-order valence-electron chi connectivity index (χ0n) is 19.4. The van der Waals surface area contributed by atoms with Gasteiger partial charge in [0.1, 0.15) is 23.2 Å². The van der Waals surface area contributed by atoms with Gasteiger partial charge in [-0.1, -0.05) is 30.3 Å². The largest absolute Gasteiger partial charge is 0.496 e. The van der Waals surface area contributed by atoms with Gasteiger partial charge in [-0.15, -0.1) is 0 Å². The molecule has 1 aliphatic rings. The van der Waals surface area contributed by atoms with E-state index in [4.69, 9.17) is 14.2 Å². The quantitative estimate of drug-likeness (QED) is 0.366. The molecule has 34 heavy (non-hydrogen) atoms. The molecule has 4 aromatic rings. The fourth-order valence-electron chi connectivity index (χ4n) is 4.79. The first-order valence-electron chi connectivity index (χ1n) is 11.0. The normalized spacial score (nSPS) is 18.9. The van der Waals surface area contributed by atoms with Gasteiger partial charge in [-0.05, 0) is 38.1 Å². The third kappa shape index (κ3) is 3.23. The van der Waals surface area contributed by atoms with E-state index in [0.717, 1.165) is 0 Å². The summed E-state index contributed by atoms with van der Waals surface area (Å²) in [5.41, 5.74) is 0.664. The Morgan fingerprint density at radius 2 is 1.76 bits per heavy atom. The van der Waals surface area contributed by atoms with E-state index in [2.05, 4.69) is 0 Å². The molecule has 0 radical (unpaired) electrons. The van der Waals surface area contributed by atoms with Crippen LogP contribution in [0.2, 0.25) is 0 Å². The molecule has 0 unspecified atom stereocenters. The molecule has 7 nitrogen and oxygen atoms in total. The molecule has 0 aliphatic carbocycles. The Morgan fingerprint density at radius 3 is 2.47 bits per heavy atom. The van der Waals surface area contributed by atoms with E-state index < -0.39 is 23.8 Å². The summed E-state index contributed by atoms with van der Waals surface area (Å²) in [6.07, 6.45) is -2.27. The summed E-state index contributed by atoms with van der Waals surface area (Å²) in [7, 11) is 3.31. The Morgan fingerprint density at radius 1 is 1.09 bits per heavy atom. The van der Waals surface area contributed by atoms with Gasteiger partial charge in [-0.2, -0.15) is 0 Å². The molecule has 1 N–H and O–H groups in total. The predicted molar refractivity (Wildman–Crippen MR) is 129 cm³/mol. The lowest BCUT2D eigenvalue weighted by Gasteiger charge is -2.42. The van der Waals surface area contributed by atoms with Crippen molar-refractivity contribution in [2.75, 3.05) is 7.11 Å². The van der Waals surface area contributed by atoms with Crippen LogP contribution in [-0.2, 0) is 11.8 Å². The first-order chi connectivity index (χ1) is 16.2. The van der Waals surface area contributed by atoms with E-state index in [-0.39, 0.29) is 5.43 Å². The van der Waals surface area contributed by atoms with Crippen molar-refractivity contribution in [2.24, 2.45) is 7.05 Å². The molecule has 2 atom stereocenters. The smallest absolute Gasteiger partial charge is 0.338 e. The number of aromatic nitrogens is 1. The number of hydrogen-bond donors (Lipinski definition) is 1. The number of pyridine rings is 1. The van der Waals surface area contributed by atoms with Crippen LogP contribution in [0.5, 0.6) is 11.5 Å². The number of methoxy groups -OCH3 is 1. The van der Waals surface area contributed by atoms with E-state index in [0.29, 0.717) is 44.4 Å². The molecular weight excluding hydrogens is 434 g/mol. The summed E-state index contributed by atoms with van der Waals surface area (Å²) in [5, 5.41) is 12.5. The highest BCUT2D eigenvalue weighted by Crippen LogP contribution is 2.47. The Labute approximate surface area is 196 Å². The van der Waals surface area contributed by atoms with Gasteiger partial charge in [-0.3, -0.25) is 4.79 Å². The monoisotopic (exact) mass is 459 g/mol. The molecule has 174 valence electrons. The van der Waals surface area contributed by atoms with Gasteiger partial charge in [0.05, 0.1) is 34.7 Å². The highest BCUT2D eigenvalue weighted by Gasteiger charge is 2.48. The number of carbonyl (C=O) groups excluding carboxylic acids is 1. The summed E-state index contributed by atoms with van der Waals surface area (Å²) in [6, 6.07) is 17.5. The molecule has 0 fully saturated rings. The maximum atomic E-state index is 13.5. The number of fused-ring (bicyclic) bond motifs is 4. The van der Waals surface area contributed by atoms with Crippen molar-refractivity contribution >= 4 is 27.8 Å². The van der Waals surface area contributed by atoms with E-state index >= 15 is 0 Å². The van der Waals surface area contributed by atoms with Crippen LogP contribution in [0.25, 0.3) is 21.8 Å². The summed E-state index contributed by atoms with van der Waals surface area (Å²) in [6.45, 7) is 3.50. The zero-order chi connectivity index (χ0) is 24.2. The van der Waals surface area contributed by atoms with E-state index in [1.54, 1.807) is 62.4 Å². The summed E-state index contributed by atoms with van der Waals surface area (Å²) in [4.78, 5) is 26.3. The second-order valence-electron chi connectivity index (χ2n) is 8.96. The van der Waals surface area contributed by atoms with Crippen LogP contribution < -0.4 is 14.9 Å². The number of nitrogens with zero attached hydrogens (tertiary/aromatic N) is 1. The standard InChI is InChI=1S/C27H25NO6/c1-27(2)25(33-26(31)15-10-6-5-7-11-15)24(30)21-19(34-27)14-18(32-4)20-22(21)28(3)17-13-9-8-12-16(17)23(20)29/h5-14,24-25,30H,1-4H3/t24-,25-/m1/s1. The maximum absolute atomic E-state index is 13.5. The Kier molecular flexibility index (Phi) is 5.10. The molecule has 0 amide bonds. The number of rotatable bonds is 3. The van der Waals surface area contributed by atoms with E-state index in [1.807, 2.05) is 23.7 Å². The second kappa shape index (κ2) is 7.88. The molecule has 0 spiro atoms. The van der Waals surface area contributed by atoms with Crippen molar-refractivity contribution in [1.82, 2.24) is 4.57 Å². The highest BCUT2D eigenvalue weighted by molar-refractivity contribution is 5.99. The number of para-hydroxylation sites is 1. The number of aryl methyl sites for hydroxylation is 1. The molecule has 5 rings (SSSR count). The van der Waals surface area contributed by atoms with Gasteiger partial charge in [0.2, 0.25) is 5.43 Å². The van der Waals surface area contributed by atoms with Crippen LogP contribution >= 0.6 is 0 Å². The van der Waals surface area contributed by atoms with Crippen LogP contribution in [0.3, 0.4) is 0 Å². The molecule has 0 bridgehead atoms. The number of hydrogen-bond acceptors (Lipinski definition) is 6. The van der Waals surface area contributed by atoms with Crippen LogP contribution in [-0.4, -0.2) is 34.5 Å². The third-order valence-electron chi connectivity index (χ3n) is 6.44. The molecule has 3 aromatic carbocycles. The predicted octanol–water partition coefficient (Wildman–Crippen LogP) is 4.13. The van der Waals surface area contributed by atoms with Crippen molar-refractivity contribution in [3.63, 3.8) is 0 Å². The number of esters is 1. The molecule has 2 heterocycles. The fourth-order valence-corrected chi connectivity index (χ4v) is 4.79. The van der Waals surface area contributed by atoms with Crippen LogP contribution in [0.1, 0.15) is 35.9 Å². The van der Waals surface area contributed by atoms with Crippen LogP contribution in [0.15, 0.2) is 65.5 Å². The van der Waals surface area contributed by atoms with Gasteiger partial charge in [0.15, 0.2) is 6.10 Å². The molecule has 0 saturated carbocycles. The minimum Gasteiger partial charge on any atom is -0.496 e. The average Bonchev–Trinajstić information content (AvgIpc) is 2.84. The number of aliphatic hydroxyl groups excluding tert-OH is 1. The van der Waals surface area contributed by atoms with Crippen molar-refractivity contribution in [3.05, 3.63) is 82.0 Å². The molecule has 7 heteroatoms. The van der Waals surface area contributed by atoms with Crippen molar-refractivity contribution in [1.29, 1.82) is 0 Å². The fraction of sp³-hybridized carbons (Fsp3) is 0.259. The minimum absolute atomic E-state index is 0.210. The number of benzene rings is 3. The van der Waals surface area contributed by atoms with Crippen molar-refractivity contribution < 1.29 is 24.1 Å². The Hall–Kier alpha value is -3.84. The van der Waals surface area contributed by atoms with Gasteiger partial charge >= 0.3 is 5.97 Å². The Bertz CT molecular complexity index is 1490. The minimum atomic E-state index is -1.24. The van der Waals surface area contributed by atoms with Gasteiger partial charge in [0, 0.05) is 18.5 Å². The van der Waals surface area contributed by atoms with E-state index in [1.165, 1.54) is 7.11 Å². The van der Waals surface area contributed by atoms with Gasteiger partial charge in [-0.25, -0.2) is 4.79 Å². The second-order valence-corrected chi connectivity index (χ2v) is 8.96.